The highest BCUT2D eigenvalue weighted by Crippen LogP contribution is 2.35. The molecule has 112 valence electrons. The summed E-state index contributed by atoms with van der Waals surface area (Å²) < 4.78 is 5.23. The van der Waals surface area contributed by atoms with Crippen LogP contribution in [0.25, 0.3) is 0 Å². The highest BCUT2D eigenvalue weighted by Gasteiger charge is 2.46. The number of ether oxygens (including phenoxy) is 1. The van der Waals surface area contributed by atoms with Crippen LogP contribution < -0.4 is 15.0 Å². The summed E-state index contributed by atoms with van der Waals surface area (Å²) in [4.78, 5) is 26.7. The number of benzene rings is 1. The largest absolute Gasteiger partial charge is 0.497 e. The minimum Gasteiger partial charge on any atom is -0.497 e. The number of anilines is 1. The van der Waals surface area contributed by atoms with E-state index in [0.29, 0.717) is 18.7 Å². The normalized spacial score (nSPS) is 21.3. The number of hydrogen-bond donors (Lipinski definition) is 1. The molecule has 0 bridgehead atoms. The summed E-state index contributed by atoms with van der Waals surface area (Å²) >= 11 is 0. The van der Waals surface area contributed by atoms with E-state index >= 15 is 0 Å². The molecule has 1 N–H and O–H groups in total. The van der Waals surface area contributed by atoms with Gasteiger partial charge in [-0.15, -0.1) is 0 Å². The Morgan fingerprint density at radius 2 is 2.00 bits per heavy atom. The van der Waals surface area contributed by atoms with Crippen LogP contribution in [0.4, 0.5) is 5.69 Å². The number of carbonyl (C=O) groups is 2. The molecule has 1 spiro atoms. The quantitative estimate of drug-likeness (QED) is 0.903. The van der Waals surface area contributed by atoms with Gasteiger partial charge in [-0.3, -0.25) is 9.59 Å². The predicted octanol–water partition coefficient (Wildman–Crippen LogP) is 1.86. The molecule has 1 aliphatic heterocycles. The number of rotatable bonds is 2. The number of hydrogen-bond acceptors (Lipinski definition) is 3. The second-order valence-corrected chi connectivity index (χ2v) is 5.75. The van der Waals surface area contributed by atoms with Crippen LogP contribution in [0.3, 0.4) is 0 Å². The van der Waals surface area contributed by atoms with E-state index in [1.54, 1.807) is 12.0 Å². The van der Waals surface area contributed by atoms with Crippen molar-refractivity contribution >= 4 is 17.5 Å². The third-order valence-corrected chi connectivity index (χ3v) is 4.42. The van der Waals surface area contributed by atoms with E-state index in [-0.39, 0.29) is 11.8 Å². The monoisotopic (exact) mass is 288 g/mol. The molecule has 2 fully saturated rings. The Balaban J connectivity index is 1.96. The Bertz CT molecular complexity index is 564. The van der Waals surface area contributed by atoms with Crippen LogP contribution in [0.15, 0.2) is 24.3 Å². The van der Waals surface area contributed by atoms with Crippen LogP contribution >= 0.6 is 0 Å². The summed E-state index contributed by atoms with van der Waals surface area (Å²) in [6, 6.07) is 7.44. The first-order valence-corrected chi connectivity index (χ1v) is 7.42. The van der Waals surface area contributed by atoms with Gasteiger partial charge in [0.05, 0.1) is 7.11 Å². The number of nitrogens with zero attached hydrogens (tertiary/aromatic N) is 1. The Morgan fingerprint density at radius 1 is 1.24 bits per heavy atom. The van der Waals surface area contributed by atoms with Crippen molar-refractivity contribution in [2.75, 3.05) is 18.6 Å². The maximum Gasteiger partial charge on any atom is 0.252 e. The molecule has 21 heavy (non-hydrogen) atoms. The highest BCUT2D eigenvalue weighted by molar-refractivity contribution is 6.04. The van der Waals surface area contributed by atoms with E-state index < -0.39 is 5.54 Å². The Morgan fingerprint density at radius 3 is 2.71 bits per heavy atom. The summed E-state index contributed by atoms with van der Waals surface area (Å²) in [7, 11) is 1.60. The fourth-order valence-corrected chi connectivity index (χ4v) is 3.30. The lowest BCUT2D eigenvalue weighted by molar-refractivity contribution is -0.129. The molecule has 1 saturated heterocycles. The number of amides is 2. The van der Waals surface area contributed by atoms with Gasteiger partial charge in [-0.2, -0.15) is 0 Å². The van der Waals surface area contributed by atoms with E-state index in [0.717, 1.165) is 31.4 Å². The van der Waals surface area contributed by atoms with Crippen molar-refractivity contribution in [2.45, 2.75) is 37.6 Å². The summed E-state index contributed by atoms with van der Waals surface area (Å²) in [5.74, 6) is 0.694. The van der Waals surface area contributed by atoms with Gasteiger partial charge < -0.3 is 15.0 Å². The van der Waals surface area contributed by atoms with Gasteiger partial charge in [0.25, 0.3) is 5.91 Å². The molecule has 1 aromatic carbocycles. The lowest BCUT2D eigenvalue weighted by atomic mass is 9.95. The molecule has 1 aliphatic carbocycles. The van der Waals surface area contributed by atoms with Gasteiger partial charge in [-0.25, -0.2) is 0 Å². The van der Waals surface area contributed by atoms with E-state index in [1.165, 1.54) is 0 Å². The second-order valence-electron chi connectivity index (χ2n) is 5.75. The first-order chi connectivity index (χ1) is 10.1. The summed E-state index contributed by atoms with van der Waals surface area (Å²) in [5.41, 5.74) is 0.0959. The van der Waals surface area contributed by atoms with Crippen LogP contribution in [0, 0.1) is 0 Å². The molecule has 0 aromatic heterocycles. The van der Waals surface area contributed by atoms with Gasteiger partial charge in [-0.1, -0.05) is 18.9 Å². The highest BCUT2D eigenvalue weighted by atomic mass is 16.5. The number of carbonyl (C=O) groups excluding carboxylic acids is 2. The minimum absolute atomic E-state index is 0.0131. The lowest BCUT2D eigenvalue weighted by Crippen LogP contribution is -2.55. The van der Waals surface area contributed by atoms with Gasteiger partial charge in [-0.05, 0) is 25.0 Å². The van der Waals surface area contributed by atoms with Crippen molar-refractivity contribution in [3.8, 4) is 5.75 Å². The number of methoxy groups -OCH3 is 1. The molecule has 2 amide bonds. The summed E-state index contributed by atoms with van der Waals surface area (Å²) in [5, 5.41) is 2.97. The average Bonchev–Trinajstić information content (AvgIpc) is 2.92. The van der Waals surface area contributed by atoms with Crippen LogP contribution in [-0.2, 0) is 9.59 Å². The Kier molecular flexibility index (Phi) is 3.57. The zero-order valence-electron chi connectivity index (χ0n) is 12.2. The molecule has 5 heteroatoms. The maximum atomic E-state index is 13.0. The molecule has 0 unspecified atom stereocenters. The fraction of sp³-hybridized carbons (Fsp3) is 0.500. The van der Waals surface area contributed by atoms with Gasteiger partial charge in [0, 0.05) is 24.7 Å². The van der Waals surface area contributed by atoms with Crippen LogP contribution in [0.2, 0.25) is 0 Å². The third-order valence-electron chi connectivity index (χ3n) is 4.42. The molecule has 5 nitrogen and oxygen atoms in total. The zero-order chi connectivity index (χ0) is 14.9. The molecular weight excluding hydrogens is 268 g/mol. The minimum atomic E-state index is -0.698. The topological polar surface area (TPSA) is 58.6 Å². The van der Waals surface area contributed by atoms with Crippen LogP contribution in [0.1, 0.15) is 32.1 Å². The molecule has 1 aromatic rings. The van der Waals surface area contributed by atoms with E-state index in [4.69, 9.17) is 4.74 Å². The third kappa shape index (κ3) is 2.48. The fourth-order valence-electron chi connectivity index (χ4n) is 3.30. The van der Waals surface area contributed by atoms with Crippen molar-refractivity contribution in [1.82, 2.24) is 5.32 Å². The first-order valence-electron chi connectivity index (χ1n) is 7.42. The molecule has 2 aliphatic rings. The van der Waals surface area contributed by atoms with Crippen molar-refractivity contribution in [1.29, 1.82) is 0 Å². The second kappa shape index (κ2) is 5.39. The van der Waals surface area contributed by atoms with E-state index in [1.807, 2.05) is 24.3 Å². The molecular formula is C16H20N2O3. The van der Waals surface area contributed by atoms with Gasteiger partial charge >= 0.3 is 0 Å². The van der Waals surface area contributed by atoms with Crippen LogP contribution in [0.5, 0.6) is 5.75 Å². The molecule has 0 atom stereocenters. The lowest BCUT2D eigenvalue weighted by Gasteiger charge is -2.31. The molecule has 3 rings (SSSR count). The SMILES string of the molecule is COc1cccc(N2CCC(=O)NC3(CCCC3)C2=O)c1. The van der Waals surface area contributed by atoms with Gasteiger partial charge in [0.2, 0.25) is 5.91 Å². The van der Waals surface area contributed by atoms with Gasteiger partial charge in [0.1, 0.15) is 11.3 Å². The molecule has 0 radical (unpaired) electrons. The van der Waals surface area contributed by atoms with Gasteiger partial charge in [0.15, 0.2) is 0 Å². The zero-order valence-corrected chi connectivity index (χ0v) is 12.2. The maximum absolute atomic E-state index is 13.0. The first kappa shape index (κ1) is 13.9. The van der Waals surface area contributed by atoms with Crippen LogP contribution in [-0.4, -0.2) is 31.0 Å². The van der Waals surface area contributed by atoms with Crippen molar-refractivity contribution in [3.05, 3.63) is 24.3 Å². The average molecular weight is 288 g/mol. The molecule has 1 saturated carbocycles. The summed E-state index contributed by atoms with van der Waals surface area (Å²) in [6.07, 6.45) is 3.77. The van der Waals surface area contributed by atoms with Crippen molar-refractivity contribution in [3.63, 3.8) is 0 Å². The smallest absolute Gasteiger partial charge is 0.252 e. The van der Waals surface area contributed by atoms with Crippen molar-refractivity contribution < 1.29 is 14.3 Å². The standard InChI is InChI=1S/C16H20N2O3/c1-21-13-6-4-5-12(11-13)18-10-7-14(19)17-16(15(18)20)8-2-3-9-16/h4-6,11H,2-3,7-10H2,1H3,(H,17,19). The van der Waals surface area contributed by atoms with E-state index in [2.05, 4.69) is 5.32 Å². The summed E-state index contributed by atoms with van der Waals surface area (Å²) in [6.45, 7) is 0.416. The Labute approximate surface area is 124 Å². The predicted molar refractivity (Wildman–Crippen MR) is 79.3 cm³/mol. The molecule has 1 heterocycles. The van der Waals surface area contributed by atoms with E-state index in [9.17, 15) is 9.59 Å². The number of nitrogens with one attached hydrogen (secondary N) is 1. The van der Waals surface area contributed by atoms with Crippen molar-refractivity contribution in [2.24, 2.45) is 0 Å². The Hall–Kier alpha value is -2.04.